The van der Waals surface area contributed by atoms with Gasteiger partial charge in [0.05, 0.1) is 0 Å². The molecule has 1 aromatic rings. The number of amides is 1. The smallest absolute Gasteiger partial charge is 0.410 e. The third kappa shape index (κ3) is 3.63. The monoisotopic (exact) mass is 346 g/mol. The first kappa shape index (κ1) is 17.7. The Balaban J connectivity index is 1.70. The molecule has 1 N–H and O–H groups in total. The molecule has 6 nitrogen and oxygen atoms in total. The molecule has 2 heterocycles. The minimum absolute atomic E-state index is 0.0683. The van der Waals surface area contributed by atoms with Crippen LogP contribution in [-0.2, 0) is 16.1 Å². The molecule has 136 valence electrons. The van der Waals surface area contributed by atoms with Gasteiger partial charge in [-0.2, -0.15) is 0 Å². The van der Waals surface area contributed by atoms with Crippen molar-refractivity contribution in [1.82, 2.24) is 9.80 Å². The van der Waals surface area contributed by atoms with E-state index in [4.69, 9.17) is 4.74 Å². The van der Waals surface area contributed by atoms with Crippen LogP contribution in [0.25, 0.3) is 0 Å². The Morgan fingerprint density at radius 1 is 1.20 bits per heavy atom. The minimum Gasteiger partial charge on any atom is -0.481 e. The second-order valence-electron chi connectivity index (χ2n) is 8.17. The zero-order valence-electron chi connectivity index (χ0n) is 15.1. The highest BCUT2D eigenvalue weighted by molar-refractivity contribution is 5.79. The summed E-state index contributed by atoms with van der Waals surface area (Å²) in [5.74, 6) is -0.889. The summed E-state index contributed by atoms with van der Waals surface area (Å²) < 4.78 is 5.41. The van der Waals surface area contributed by atoms with E-state index in [1.165, 1.54) is 5.56 Å². The van der Waals surface area contributed by atoms with Crippen LogP contribution < -0.4 is 0 Å². The SMILES string of the molecule is CC(C)(C)OC(=O)N1C[C@H]2CN(Cc3ccccc3)C[C@]2(C(=O)O)C1. The number of hydrogen-bond donors (Lipinski definition) is 1. The fraction of sp³-hybridized carbons (Fsp3) is 0.579. The van der Waals surface area contributed by atoms with E-state index in [1.54, 1.807) is 4.90 Å². The highest BCUT2D eigenvalue weighted by Gasteiger charge is 2.58. The molecule has 2 atom stereocenters. The molecule has 1 amide bonds. The fourth-order valence-corrected chi connectivity index (χ4v) is 3.90. The van der Waals surface area contributed by atoms with Gasteiger partial charge in [-0.25, -0.2) is 4.79 Å². The molecule has 25 heavy (non-hydrogen) atoms. The first-order chi connectivity index (χ1) is 11.7. The van der Waals surface area contributed by atoms with Crippen molar-refractivity contribution < 1.29 is 19.4 Å². The van der Waals surface area contributed by atoms with Crippen LogP contribution in [0.3, 0.4) is 0 Å². The second-order valence-corrected chi connectivity index (χ2v) is 8.17. The number of carboxylic acids is 1. The number of benzene rings is 1. The number of carboxylic acid groups (broad SMARTS) is 1. The van der Waals surface area contributed by atoms with E-state index >= 15 is 0 Å². The van der Waals surface area contributed by atoms with Crippen molar-refractivity contribution in [2.24, 2.45) is 11.3 Å². The lowest BCUT2D eigenvalue weighted by Crippen LogP contribution is -2.43. The van der Waals surface area contributed by atoms with Gasteiger partial charge in [0.25, 0.3) is 0 Å². The number of ether oxygens (including phenoxy) is 1. The van der Waals surface area contributed by atoms with E-state index in [0.29, 0.717) is 19.6 Å². The van der Waals surface area contributed by atoms with Crippen molar-refractivity contribution in [2.75, 3.05) is 26.2 Å². The highest BCUT2D eigenvalue weighted by Crippen LogP contribution is 2.43. The number of likely N-dealkylation sites (tertiary alicyclic amines) is 2. The average Bonchev–Trinajstić information content (AvgIpc) is 3.01. The molecule has 0 aromatic heterocycles. The Morgan fingerprint density at radius 3 is 2.44 bits per heavy atom. The zero-order chi connectivity index (χ0) is 18.2. The van der Waals surface area contributed by atoms with Gasteiger partial charge in [0.1, 0.15) is 11.0 Å². The summed E-state index contributed by atoms with van der Waals surface area (Å²) >= 11 is 0. The maximum Gasteiger partial charge on any atom is 0.410 e. The van der Waals surface area contributed by atoms with Crippen molar-refractivity contribution in [1.29, 1.82) is 0 Å². The summed E-state index contributed by atoms with van der Waals surface area (Å²) in [7, 11) is 0. The molecular formula is C19H26N2O4. The first-order valence-corrected chi connectivity index (χ1v) is 8.67. The Bertz CT molecular complexity index is 655. The summed E-state index contributed by atoms with van der Waals surface area (Å²) in [5.41, 5.74) is -0.303. The van der Waals surface area contributed by atoms with Gasteiger partial charge in [0, 0.05) is 38.6 Å². The van der Waals surface area contributed by atoms with Crippen LogP contribution in [-0.4, -0.2) is 58.7 Å². The predicted octanol–water partition coefficient (Wildman–Crippen LogP) is 2.44. The maximum atomic E-state index is 12.3. The van der Waals surface area contributed by atoms with Crippen molar-refractivity contribution in [3.05, 3.63) is 35.9 Å². The van der Waals surface area contributed by atoms with Gasteiger partial charge in [-0.05, 0) is 26.3 Å². The van der Waals surface area contributed by atoms with E-state index in [0.717, 1.165) is 6.54 Å². The summed E-state index contributed by atoms with van der Waals surface area (Å²) in [6, 6.07) is 10.1. The standard InChI is InChI=1S/C19H26N2O4/c1-18(2,3)25-17(24)21-11-15-10-20(9-14-7-5-4-6-8-14)12-19(15,13-21)16(22)23/h4-8,15H,9-13H2,1-3H3,(H,22,23)/t15-,19+/m1/s1. The van der Waals surface area contributed by atoms with Gasteiger partial charge in [0.2, 0.25) is 0 Å². The predicted molar refractivity (Wildman–Crippen MR) is 93.1 cm³/mol. The minimum atomic E-state index is -0.897. The first-order valence-electron chi connectivity index (χ1n) is 8.67. The average molecular weight is 346 g/mol. The molecule has 0 bridgehead atoms. The molecule has 0 unspecified atom stereocenters. The van der Waals surface area contributed by atoms with E-state index < -0.39 is 23.1 Å². The van der Waals surface area contributed by atoms with Crippen LogP contribution in [0.4, 0.5) is 4.79 Å². The number of rotatable bonds is 3. The largest absolute Gasteiger partial charge is 0.481 e. The lowest BCUT2D eigenvalue weighted by Gasteiger charge is -2.27. The third-order valence-electron chi connectivity index (χ3n) is 5.01. The quantitative estimate of drug-likeness (QED) is 0.910. The Labute approximate surface area is 148 Å². The number of aliphatic carboxylic acids is 1. The van der Waals surface area contributed by atoms with Gasteiger partial charge in [-0.15, -0.1) is 0 Å². The van der Waals surface area contributed by atoms with Crippen molar-refractivity contribution >= 4 is 12.1 Å². The van der Waals surface area contributed by atoms with Gasteiger partial charge in [-0.1, -0.05) is 30.3 Å². The highest BCUT2D eigenvalue weighted by atomic mass is 16.6. The lowest BCUT2D eigenvalue weighted by molar-refractivity contribution is -0.148. The molecule has 6 heteroatoms. The molecule has 0 aliphatic carbocycles. The summed E-state index contributed by atoms with van der Waals surface area (Å²) in [6.45, 7) is 7.98. The van der Waals surface area contributed by atoms with Crippen LogP contribution in [0.1, 0.15) is 26.3 Å². The molecule has 2 fully saturated rings. The second kappa shape index (κ2) is 6.33. The normalized spacial score (nSPS) is 26.5. The van der Waals surface area contributed by atoms with Crippen molar-refractivity contribution in [3.8, 4) is 0 Å². The number of carbonyl (C=O) groups excluding carboxylic acids is 1. The molecular weight excluding hydrogens is 320 g/mol. The van der Waals surface area contributed by atoms with Gasteiger partial charge < -0.3 is 14.7 Å². The molecule has 2 saturated heterocycles. The molecule has 2 aliphatic heterocycles. The van der Waals surface area contributed by atoms with Crippen LogP contribution in [0, 0.1) is 11.3 Å². The summed E-state index contributed by atoms with van der Waals surface area (Å²) in [4.78, 5) is 28.1. The number of carbonyl (C=O) groups is 2. The molecule has 0 spiro atoms. The Morgan fingerprint density at radius 2 is 1.88 bits per heavy atom. The van der Waals surface area contributed by atoms with E-state index in [1.807, 2.05) is 39.0 Å². The zero-order valence-corrected chi connectivity index (χ0v) is 15.1. The molecule has 0 radical (unpaired) electrons. The van der Waals surface area contributed by atoms with Crippen LogP contribution in [0.5, 0.6) is 0 Å². The van der Waals surface area contributed by atoms with Crippen molar-refractivity contribution in [3.63, 3.8) is 0 Å². The van der Waals surface area contributed by atoms with Crippen LogP contribution in [0.15, 0.2) is 30.3 Å². The van der Waals surface area contributed by atoms with E-state index in [2.05, 4.69) is 17.0 Å². The van der Waals surface area contributed by atoms with Crippen LogP contribution in [0.2, 0.25) is 0 Å². The number of hydrogen-bond acceptors (Lipinski definition) is 4. The maximum absolute atomic E-state index is 12.3. The fourth-order valence-electron chi connectivity index (χ4n) is 3.90. The molecule has 3 rings (SSSR count). The lowest BCUT2D eigenvalue weighted by atomic mass is 9.81. The number of nitrogens with zero attached hydrogens (tertiary/aromatic N) is 2. The van der Waals surface area contributed by atoms with E-state index in [-0.39, 0.29) is 12.5 Å². The molecule has 0 saturated carbocycles. The van der Waals surface area contributed by atoms with Gasteiger partial charge in [-0.3, -0.25) is 9.69 Å². The third-order valence-corrected chi connectivity index (χ3v) is 5.01. The van der Waals surface area contributed by atoms with Gasteiger partial charge in [0.15, 0.2) is 0 Å². The Hall–Kier alpha value is -2.08. The Kier molecular flexibility index (Phi) is 4.49. The van der Waals surface area contributed by atoms with E-state index in [9.17, 15) is 14.7 Å². The van der Waals surface area contributed by atoms with Crippen molar-refractivity contribution in [2.45, 2.75) is 32.9 Å². The summed E-state index contributed by atoms with van der Waals surface area (Å²) in [5, 5.41) is 9.88. The molecule has 1 aromatic carbocycles. The number of fused-ring (bicyclic) bond motifs is 1. The molecule has 2 aliphatic rings. The topological polar surface area (TPSA) is 70.1 Å². The van der Waals surface area contributed by atoms with Gasteiger partial charge >= 0.3 is 12.1 Å². The van der Waals surface area contributed by atoms with Crippen LogP contribution >= 0.6 is 0 Å². The summed E-state index contributed by atoms with van der Waals surface area (Å²) in [6.07, 6.45) is -0.419.